The summed E-state index contributed by atoms with van der Waals surface area (Å²) in [6, 6.07) is 42.4. The summed E-state index contributed by atoms with van der Waals surface area (Å²) in [6.45, 7) is 18.3. The van der Waals surface area contributed by atoms with E-state index < -0.39 is 25.2 Å². The summed E-state index contributed by atoms with van der Waals surface area (Å²) in [5, 5.41) is 13.1. The van der Waals surface area contributed by atoms with Crippen molar-refractivity contribution >= 4 is 86.2 Å². The van der Waals surface area contributed by atoms with Crippen LogP contribution in [0.25, 0.3) is 54.6 Å². The summed E-state index contributed by atoms with van der Waals surface area (Å²) in [7, 11) is -7.65. The molecule has 0 N–H and O–H groups in total. The van der Waals surface area contributed by atoms with Gasteiger partial charge in [-0.1, -0.05) is 96.5 Å². The summed E-state index contributed by atoms with van der Waals surface area (Å²) < 4.78 is 46.3. The third kappa shape index (κ3) is 7.12. The predicted octanol–water partition coefficient (Wildman–Crippen LogP) is 10.8. The molecule has 2 saturated heterocycles. The van der Waals surface area contributed by atoms with E-state index in [1.807, 2.05) is 0 Å². The zero-order chi connectivity index (χ0) is 47.8. The SMILES string of the molecule is Cc1cc(N(c2cc(C3CCOC3)c(Cl)c3c2=N[Si](C)(C)N=3)c2cc(C3CCOC3)c(-c3ccc4ccccc4c3)c3c2=N[Si](C)(C)N=3)c2c(c1-c1c3ccccc3cc3ccccc13)=N[Si](C)(C)N=2. The lowest BCUT2D eigenvalue weighted by Crippen LogP contribution is -2.40. The molecule has 2 unspecified atom stereocenters. The van der Waals surface area contributed by atoms with Gasteiger partial charge in [0.2, 0.25) is 0 Å². The Balaban J connectivity index is 1.19. The van der Waals surface area contributed by atoms with E-state index in [2.05, 4.69) is 166 Å². The standard InChI is InChI=1S/C57H54ClN7O2Si3/c1-33-26-45(52-55(62-68(2,3)59-52)48(33)50-41-18-12-10-16-36(41)28-37-17-11-13-19-42(37)50)65(47-30-44(40-23-25-67-32-40)51(58)57-54(47)61-70(6,7)64-57)46-29-43(39-22-24-66-31-39)49(56-53(46)60-69(4,5)63-56)38-21-20-34-14-8-9-15-35(34)27-38/h8-21,26-30,39-40H,22-25,31-32H2,1-7H3. The number of hydrogen-bond acceptors (Lipinski definition) is 9. The highest BCUT2D eigenvalue weighted by Gasteiger charge is 2.37. The van der Waals surface area contributed by atoms with Crippen molar-refractivity contribution in [2.45, 2.75) is 70.9 Å². The van der Waals surface area contributed by atoms with Crippen LogP contribution in [-0.4, -0.2) is 51.6 Å². The number of rotatable bonds is 7. The van der Waals surface area contributed by atoms with Crippen molar-refractivity contribution in [1.82, 2.24) is 0 Å². The molecule has 13 heteroatoms. The smallest absolute Gasteiger partial charge is 0.298 e. The molecular formula is C57H54ClN7O2Si3. The van der Waals surface area contributed by atoms with Crippen LogP contribution in [0.3, 0.4) is 0 Å². The van der Waals surface area contributed by atoms with Gasteiger partial charge in [0.05, 0.1) is 67.4 Å². The highest BCUT2D eigenvalue weighted by molar-refractivity contribution is 6.75. The number of benzene rings is 8. The number of aryl methyl sites for hydroxylation is 1. The largest absolute Gasteiger partial charge is 0.381 e. The minimum Gasteiger partial charge on any atom is -0.381 e. The zero-order valence-electron chi connectivity index (χ0n) is 40.7. The number of fused-ring (bicyclic) bond motifs is 6. The van der Waals surface area contributed by atoms with Gasteiger partial charge in [-0.05, 0) is 150 Å². The normalized spacial score (nSPS) is 20.0. The Morgan fingerprint density at radius 1 is 0.471 bits per heavy atom. The third-order valence-electron chi connectivity index (χ3n) is 14.8. The average Bonchev–Trinajstić information content (AvgIpc) is 4.20. The maximum Gasteiger partial charge on any atom is 0.298 e. The molecule has 348 valence electrons. The lowest BCUT2D eigenvalue weighted by molar-refractivity contribution is 0.194. The fourth-order valence-electron chi connectivity index (χ4n) is 11.8. The first-order valence-corrected chi connectivity index (χ1v) is 33.7. The molecule has 0 bridgehead atoms. The molecule has 0 aliphatic carbocycles. The van der Waals surface area contributed by atoms with Gasteiger partial charge in [-0.2, -0.15) is 0 Å². The minimum absolute atomic E-state index is 0.109. The van der Waals surface area contributed by atoms with Crippen LogP contribution in [0, 0.1) is 6.92 Å². The summed E-state index contributed by atoms with van der Waals surface area (Å²) >= 11 is 7.57. The molecule has 0 spiro atoms. The molecule has 5 aliphatic heterocycles. The Hall–Kier alpha value is -6.00. The van der Waals surface area contributed by atoms with Crippen LogP contribution in [0.15, 0.2) is 143 Å². The second-order valence-electron chi connectivity index (χ2n) is 21.2. The quantitative estimate of drug-likeness (QED) is 0.118. The number of anilines is 3. The summed E-state index contributed by atoms with van der Waals surface area (Å²) in [5.41, 5.74) is 10.8. The Labute approximate surface area is 414 Å². The molecule has 5 aliphatic rings. The molecule has 0 amide bonds. The molecule has 9 nitrogen and oxygen atoms in total. The lowest BCUT2D eigenvalue weighted by atomic mass is 9.87. The Morgan fingerprint density at radius 2 is 0.943 bits per heavy atom. The molecule has 0 aromatic heterocycles. The van der Waals surface area contributed by atoms with E-state index in [4.69, 9.17) is 49.0 Å². The van der Waals surface area contributed by atoms with Crippen molar-refractivity contribution in [3.63, 3.8) is 0 Å². The second-order valence-corrected chi connectivity index (χ2v) is 31.9. The monoisotopic (exact) mass is 987 g/mol. The van der Waals surface area contributed by atoms with Gasteiger partial charge in [0, 0.05) is 36.2 Å². The van der Waals surface area contributed by atoms with Gasteiger partial charge >= 0.3 is 0 Å². The van der Waals surface area contributed by atoms with E-state index in [1.54, 1.807) is 0 Å². The number of halogens is 1. The molecule has 0 radical (unpaired) electrons. The van der Waals surface area contributed by atoms with E-state index in [0.717, 1.165) is 89.9 Å². The van der Waals surface area contributed by atoms with Gasteiger partial charge in [-0.3, -0.25) is 27.9 Å². The first kappa shape index (κ1) is 44.0. The van der Waals surface area contributed by atoms with Crippen molar-refractivity contribution in [3.05, 3.63) is 169 Å². The minimum atomic E-state index is -2.58. The highest BCUT2D eigenvalue weighted by atomic mass is 35.5. The topological polar surface area (TPSA) is 95.9 Å². The molecule has 2 atom stereocenters. The maximum atomic E-state index is 7.57. The van der Waals surface area contributed by atoms with Crippen LogP contribution in [0.1, 0.15) is 41.4 Å². The molecule has 13 rings (SSSR count). The summed E-state index contributed by atoms with van der Waals surface area (Å²) in [4.78, 5) is 2.44. The van der Waals surface area contributed by atoms with Gasteiger partial charge in [-0.15, -0.1) is 0 Å². The second kappa shape index (κ2) is 16.0. The molecule has 8 aromatic rings. The highest BCUT2D eigenvalue weighted by Crippen LogP contribution is 2.42. The van der Waals surface area contributed by atoms with Crippen LogP contribution in [0.4, 0.5) is 17.1 Å². The van der Waals surface area contributed by atoms with Gasteiger partial charge in [0.25, 0.3) is 25.2 Å². The Bertz CT molecular complexity index is 3960. The predicted molar refractivity (Wildman–Crippen MR) is 290 cm³/mol. The molecule has 8 aromatic carbocycles. The van der Waals surface area contributed by atoms with Crippen LogP contribution in [0.2, 0.25) is 44.3 Å². The van der Waals surface area contributed by atoms with Gasteiger partial charge in [0.1, 0.15) is 0 Å². The number of hydrogen-bond donors (Lipinski definition) is 0. The first-order chi connectivity index (χ1) is 33.7. The first-order valence-electron chi connectivity index (χ1n) is 24.7. The van der Waals surface area contributed by atoms with Crippen molar-refractivity contribution in [2.75, 3.05) is 31.3 Å². The van der Waals surface area contributed by atoms with Crippen molar-refractivity contribution in [2.24, 2.45) is 27.9 Å². The van der Waals surface area contributed by atoms with Crippen LogP contribution in [0.5, 0.6) is 0 Å². The summed E-state index contributed by atoms with van der Waals surface area (Å²) in [6.07, 6.45) is 1.78. The molecule has 2 fully saturated rings. The molecule has 0 saturated carbocycles. The van der Waals surface area contributed by atoms with Gasteiger partial charge in [-0.25, -0.2) is 0 Å². The Kier molecular flexibility index (Phi) is 10.1. The Morgan fingerprint density at radius 3 is 1.53 bits per heavy atom. The van der Waals surface area contributed by atoms with Crippen molar-refractivity contribution < 1.29 is 9.47 Å². The van der Waals surface area contributed by atoms with E-state index in [-0.39, 0.29) is 11.8 Å². The molecule has 70 heavy (non-hydrogen) atoms. The average molecular weight is 989 g/mol. The van der Waals surface area contributed by atoms with Crippen LogP contribution < -0.4 is 37.0 Å². The fraction of sp³-hybridized carbons (Fsp3) is 0.263. The van der Waals surface area contributed by atoms with Crippen molar-refractivity contribution in [1.29, 1.82) is 0 Å². The zero-order valence-corrected chi connectivity index (χ0v) is 44.4. The lowest BCUT2D eigenvalue weighted by Gasteiger charge is -2.29. The molecule has 5 heterocycles. The number of nitrogens with zero attached hydrogens (tertiary/aromatic N) is 7. The van der Waals surface area contributed by atoms with Crippen LogP contribution >= 0.6 is 11.6 Å². The fourth-order valence-corrected chi connectivity index (χ4v) is 16.9. The maximum absolute atomic E-state index is 7.57. The third-order valence-corrected chi connectivity index (χ3v) is 19.8. The van der Waals surface area contributed by atoms with Crippen LogP contribution in [-0.2, 0) is 9.47 Å². The van der Waals surface area contributed by atoms with E-state index in [0.29, 0.717) is 31.5 Å². The molecular weight excluding hydrogens is 934 g/mol. The van der Waals surface area contributed by atoms with Gasteiger partial charge < -0.3 is 14.4 Å². The summed E-state index contributed by atoms with van der Waals surface area (Å²) in [5.74, 6) is 0.249. The van der Waals surface area contributed by atoms with Crippen molar-refractivity contribution in [3.8, 4) is 22.3 Å². The van der Waals surface area contributed by atoms with E-state index >= 15 is 0 Å². The van der Waals surface area contributed by atoms with E-state index in [9.17, 15) is 0 Å². The van der Waals surface area contributed by atoms with E-state index in [1.165, 1.54) is 43.4 Å². The van der Waals surface area contributed by atoms with Gasteiger partial charge in [0.15, 0.2) is 0 Å². The number of ether oxygens (including phenoxy) is 2.